The minimum Gasteiger partial charge on any atom is -0.477 e. The number of H-pyrrole nitrogens is 1. The molecule has 0 radical (unpaired) electrons. The first-order valence-corrected chi connectivity index (χ1v) is 6.66. The van der Waals surface area contributed by atoms with Crippen molar-refractivity contribution in [3.8, 4) is 10.4 Å². The Morgan fingerprint density at radius 3 is 2.94 bits per heavy atom. The summed E-state index contributed by atoms with van der Waals surface area (Å²) in [4.78, 5) is 29.6. The predicted molar refractivity (Wildman–Crippen MR) is 70.5 cm³/mol. The SMILES string of the molecule is O=C(O)c1cc(-c2cccs2)c2sc(=O)[nH]c2n1. The molecule has 0 atom stereocenters. The third kappa shape index (κ3) is 1.73. The fraction of sp³-hybridized carbons (Fsp3) is 0. The van der Waals surface area contributed by atoms with E-state index in [0.717, 1.165) is 21.8 Å². The molecule has 0 aliphatic carbocycles. The zero-order valence-electron chi connectivity index (χ0n) is 8.84. The number of thiophene rings is 1. The molecule has 3 aromatic rings. The van der Waals surface area contributed by atoms with Gasteiger partial charge >= 0.3 is 10.8 Å². The lowest BCUT2D eigenvalue weighted by Crippen LogP contribution is -2.01. The third-order valence-electron chi connectivity index (χ3n) is 2.39. The summed E-state index contributed by atoms with van der Waals surface area (Å²) in [5, 5.41) is 10.9. The smallest absolute Gasteiger partial charge is 0.354 e. The summed E-state index contributed by atoms with van der Waals surface area (Å²) < 4.78 is 0.687. The Hall–Kier alpha value is -1.99. The van der Waals surface area contributed by atoms with Crippen LogP contribution in [0.15, 0.2) is 28.4 Å². The monoisotopic (exact) mass is 278 g/mol. The second-order valence-corrected chi connectivity index (χ2v) is 5.46. The summed E-state index contributed by atoms with van der Waals surface area (Å²) >= 11 is 2.53. The highest BCUT2D eigenvalue weighted by atomic mass is 32.1. The van der Waals surface area contributed by atoms with Gasteiger partial charge in [-0.2, -0.15) is 0 Å². The molecule has 0 spiro atoms. The molecular weight excluding hydrogens is 272 g/mol. The Morgan fingerprint density at radius 1 is 1.44 bits per heavy atom. The number of pyridine rings is 1. The number of fused-ring (bicyclic) bond motifs is 1. The molecule has 0 aromatic carbocycles. The largest absolute Gasteiger partial charge is 0.477 e. The van der Waals surface area contributed by atoms with Crippen LogP contribution in [0.5, 0.6) is 0 Å². The molecular formula is C11H6N2O3S2. The van der Waals surface area contributed by atoms with Gasteiger partial charge in [0.2, 0.25) is 0 Å². The number of nitrogens with one attached hydrogen (secondary N) is 1. The van der Waals surface area contributed by atoms with Crippen LogP contribution in [0.4, 0.5) is 0 Å². The highest BCUT2D eigenvalue weighted by molar-refractivity contribution is 7.18. The Labute approximate surface area is 108 Å². The average Bonchev–Trinajstić information content (AvgIpc) is 2.94. The van der Waals surface area contributed by atoms with Crippen LogP contribution in [0.1, 0.15) is 10.5 Å². The summed E-state index contributed by atoms with van der Waals surface area (Å²) in [6.45, 7) is 0. The molecule has 3 rings (SSSR count). The number of aromatic amines is 1. The highest BCUT2D eigenvalue weighted by Crippen LogP contribution is 2.32. The second-order valence-electron chi connectivity index (χ2n) is 3.53. The first-order valence-electron chi connectivity index (χ1n) is 4.96. The van der Waals surface area contributed by atoms with Crippen LogP contribution in [0.25, 0.3) is 20.8 Å². The van der Waals surface area contributed by atoms with E-state index < -0.39 is 5.97 Å². The van der Waals surface area contributed by atoms with E-state index in [0.29, 0.717) is 10.3 Å². The van der Waals surface area contributed by atoms with Gasteiger partial charge in [0.1, 0.15) is 0 Å². The Morgan fingerprint density at radius 2 is 2.28 bits per heavy atom. The van der Waals surface area contributed by atoms with Gasteiger partial charge in [-0.3, -0.25) is 9.78 Å². The molecule has 0 bridgehead atoms. The lowest BCUT2D eigenvalue weighted by molar-refractivity contribution is 0.0691. The molecule has 3 aromatic heterocycles. The Balaban J connectivity index is 2.40. The minimum absolute atomic E-state index is 0.0695. The maximum absolute atomic E-state index is 11.4. The van der Waals surface area contributed by atoms with Gasteiger partial charge in [0, 0.05) is 10.4 Å². The molecule has 90 valence electrons. The molecule has 2 N–H and O–H groups in total. The van der Waals surface area contributed by atoms with Crippen molar-refractivity contribution in [2.75, 3.05) is 0 Å². The number of carboxylic acids is 1. The molecule has 0 amide bonds. The zero-order chi connectivity index (χ0) is 12.7. The van der Waals surface area contributed by atoms with Crippen molar-refractivity contribution in [1.29, 1.82) is 0 Å². The molecule has 5 nitrogen and oxygen atoms in total. The van der Waals surface area contributed by atoms with Crippen molar-refractivity contribution >= 4 is 39.0 Å². The molecule has 7 heteroatoms. The average molecular weight is 278 g/mol. The van der Waals surface area contributed by atoms with Crippen LogP contribution >= 0.6 is 22.7 Å². The Bertz CT molecular complexity index is 786. The quantitative estimate of drug-likeness (QED) is 0.754. The van der Waals surface area contributed by atoms with Gasteiger partial charge in [-0.05, 0) is 17.5 Å². The van der Waals surface area contributed by atoms with E-state index in [4.69, 9.17) is 5.11 Å². The lowest BCUT2D eigenvalue weighted by atomic mass is 10.2. The number of hydrogen-bond acceptors (Lipinski definition) is 5. The molecule has 0 unspecified atom stereocenters. The van der Waals surface area contributed by atoms with Gasteiger partial charge in [0.25, 0.3) is 0 Å². The molecule has 0 saturated carbocycles. The van der Waals surface area contributed by atoms with Crippen molar-refractivity contribution in [3.05, 3.63) is 38.9 Å². The van der Waals surface area contributed by atoms with Gasteiger partial charge in [0.15, 0.2) is 11.3 Å². The number of rotatable bonds is 2. The van der Waals surface area contributed by atoms with E-state index in [1.807, 2.05) is 17.5 Å². The lowest BCUT2D eigenvalue weighted by Gasteiger charge is -2.01. The normalized spacial score (nSPS) is 10.9. The van der Waals surface area contributed by atoms with Crippen LogP contribution < -0.4 is 4.87 Å². The standard InChI is InChI=1S/C11H6N2O3S2/c14-10(15)6-4-5(7-2-1-3-17-7)8-9(12-6)13-11(16)18-8/h1-4H,(H,14,15)(H,12,13,16). The molecule has 0 aliphatic rings. The van der Waals surface area contributed by atoms with Crippen molar-refractivity contribution in [3.63, 3.8) is 0 Å². The fourth-order valence-corrected chi connectivity index (χ4v) is 3.28. The number of carboxylic acid groups (broad SMARTS) is 1. The first kappa shape index (κ1) is 11.1. The van der Waals surface area contributed by atoms with Crippen LogP contribution in [0.3, 0.4) is 0 Å². The topological polar surface area (TPSA) is 83.0 Å². The van der Waals surface area contributed by atoms with Crippen molar-refractivity contribution in [1.82, 2.24) is 9.97 Å². The number of thiazole rings is 1. The van der Waals surface area contributed by atoms with Crippen molar-refractivity contribution < 1.29 is 9.90 Å². The third-order valence-corrected chi connectivity index (χ3v) is 4.20. The maximum atomic E-state index is 11.4. The van der Waals surface area contributed by atoms with Gasteiger partial charge in [0.05, 0.1) is 4.70 Å². The first-order chi connectivity index (χ1) is 8.65. The maximum Gasteiger partial charge on any atom is 0.354 e. The van der Waals surface area contributed by atoms with Crippen molar-refractivity contribution in [2.24, 2.45) is 0 Å². The summed E-state index contributed by atoms with van der Waals surface area (Å²) in [7, 11) is 0. The fourth-order valence-electron chi connectivity index (χ4n) is 1.66. The predicted octanol–water partition coefficient (Wildman–Crippen LogP) is 2.41. The van der Waals surface area contributed by atoms with Crippen molar-refractivity contribution in [2.45, 2.75) is 0 Å². The Kier molecular flexibility index (Phi) is 2.49. The molecule has 0 saturated heterocycles. The number of aromatic carboxylic acids is 1. The number of aromatic nitrogens is 2. The highest BCUT2D eigenvalue weighted by Gasteiger charge is 2.15. The molecule has 18 heavy (non-hydrogen) atoms. The summed E-state index contributed by atoms with van der Waals surface area (Å²) in [6, 6.07) is 5.26. The van der Waals surface area contributed by atoms with Gasteiger partial charge in [-0.1, -0.05) is 17.4 Å². The molecule has 0 fully saturated rings. The van der Waals surface area contributed by atoms with Gasteiger partial charge in [-0.25, -0.2) is 9.78 Å². The van der Waals surface area contributed by atoms with E-state index in [2.05, 4.69) is 9.97 Å². The molecule has 0 aliphatic heterocycles. The minimum atomic E-state index is -1.11. The summed E-state index contributed by atoms with van der Waals surface area (Å²) in [6.07, 6.45) is 0. The van der Waals surface area contributed by atoms with Gasteiger partial charge < -0.3 is 5.11 Å². The number of hydrogen-bond donors (Lipinski definition) is 2. The van der Waals surface area contributed by atoms with Crippen LogP contribution in [-0.2, 0) is 0 Å². The van der Waals surface area contributed by atoms with Gasteiger partial charge in [-0.15, -0.1) is 11.3 Å². The molecule has 3 heterocycles. The van der Waals surface area contributed by atoms with E-state index in [1.165, 1.54) is 17.4 Å². The summed E-state index contributed by atoms with van der Waals surface area (Å²) in [5.74, 6) is -1.11. The van der Waals surface area contributed by atoms with Crippen LogP contribution in [-0.4, -0.2) is 21.0 Å². The van der Waals surface area contributed by atoms with E-state index in [1.54, 1.807) is 0 Å². The number of carbonyl (C=O) groups is 1. The van der Waals surface area contributed by atoms with Crippen LogP contribution in [0.2, 0.25) is 0 Å². The van der Waals surface area contributed by atoms with E-state index in [-0.39, 0.29) is 10.6 Å². The van der Waals surface area contributed by atoms with Crippen LogP contribution in [0, 0.1) is 0 Å². The van der Waals surface area contributed by atoms with E-state index >= 15 is 0 Å². The second kappa shape index (κ2) is 4.04. The zero-order valence-corrected chi connectivity index (χ0v) is 10.5. The summed E-state index contributed by atoms with van der Waals surface area (Å²) in [5.41, 5.74) is 0.990. The number of nitrogens with zero attached hydrogens (tertiary/aromatic N) is 1. The van der Waals surface area contributed by atoms with E-state index in [9.17, 15) is 9.59 Å².